The van der Waals surface area contributed by atoms with E-state index in [1.54, 1.807) is 0 Å². The van der Waals surface area contributed by atoms with E-state index in [1.807, 2.05) is 48.5 Å². The van der Waals surface area contributed by atoms with Crippen molar-refractivity contribution in [2.24, 2.45) is 0 Å². The van der Waals surface area contributed by atoms with Crippen molar-refractivity contribution in [1.82, 2.24) is 9.13 Å². The van der Waals surface area contributed by atoms with E-state index in [1.165, 1.54) is 30.1 Å². The topological polar surface area (TPSA) is 70.6 Å². The summed E-state index contributed by atoms with van der Waals surface area (Å²) in [7, 11) is 0. The van der Waals surface area contributed by atoms with Gasteiger partial charge in [0.2, 0.25) is 0 Å². The first kappa shape index (κ1) is 27.4. The zero-order chi connectivity index (χ0) is 33.1. The summed E-state index contributed by atoms with van der Waals surface area (Å²) in [6.07, 6.45) is 0. The number of nitrogens with zero attached hydrogens (tertiary/aromatic N) is 4. The molecule has 0 spiro atoms. The molecule has 4 heterocycles. The fraction of sp³-hybridized carbons (Fsp3) is 0. The van der Waals surface area contributed by atoms with Crippen molar-refractivity contribution in [3.63, 3.8) is 0 Å². The molecule has 0 unspecified atom stereocenters. The molecule has 230 valence electrons. The third kappa shape index (κ3) is 3.64. The average molecular weight is 702 g/mol. The van der Waals surface area contributed by atoms with Crippen LogP contribution in [0.2, 0.25) is 0 Å². The summed E-state index contributed by atoms with van der Waals surface area (Å²) in [6, 6.07) is 51.2. The number of rotatable bonds is 2. The molecule has 0 fully saturated rings. The van der Waals surface area contributed by atoms with Gasteiger partial charge in [-0.05, 0) is 0 Å². The molecule has 5 nitrogen and oxygen atoms in total. The SMILES string of the molecule is N#Cc1ccc2c(c1)c1cc(C#N)ccc1n2-c1ccc2[se]c3ccc(-n4c5ccccc5c5c6c(ccc54)oc4ccccc46)cc3c2c1. The van der Waals surface area contributed by atoms with Crippen LogP contribution in [0.15, 0.2) is 138 Å². The predicted molar refractivity (Wildman–Crippen MR) is 204 cm³/mol. The third-order valence-electron chi connectivity index (χ3n) is 10.2. The molecule has 0 aliphatic rings. The van der Waals surface area contributed by atoms with Crippen LogP contribution in [0.1, 0.15) is 11.1 Å². The predicted octanol–water partition coefficient (Wildman–Crippen LogP) is 10.9. The van der Waals surface area contributed by atoms with E-state index in [4.69, 9.17) is 4.42 Å². The van der Waals surface area contributed by atoms with Crippen molar-refractivity contribution >= 4 is 99.3 Å². The standard InChI is InChI=1S/C44H22N4OSe/c45-23-25-9-13-36-31(19-25)32-20-26(24-46)10-14-37(32)47(36)27-11-17-41-33(21-27)34-22-28(12-18-42(34)50-41)48-35-7-3-1-5-29(35)43-38(48)15-16-40-44(43)30-6-2-4-8-39(30)49-40/h1-22H. The molecule has 11 rings (SSSR count). The Morgan fingerprint density at radius 2 is 1.00 bits per heavy atom. The van der Waals surface area contributed by atoms with Crippen LogP contribution in [-0.2, 0) is 0 Å². The number of hydrogen-bond acceptors (Lipinski definition) is 3. The minimum atomic E-state index is 0.189. The molecule has 0 saturated heterocycles. The number of furan rings is 1. The molecule has 0 saturated carbocycles. The monoisotopic (exact) mass is 702 g/mol. The molecule has 0 bridgehead atoms. The molecule has 0 radical (unpaired) electrons. The first-order valence-corrected chi connectivity index (χ1v) is 18.1. The van der Waals surface area contributed by atoms with Gasteiger partial charge in [-0.15, -0.1) is 0 Å². The van der Waals surface area contributed by atoms with Crippen molar-refractivity contribution in [3.8, 4) is 23.5 Å². The van der Waals surface area contributed by atoms with Crippen molar-refractivity contribution in [2.45, 2.75) is 0 Å². The van der Waals surface area contributed by atoms with E-state index in [-0.39, 0.29) is 14.5 Å². The molecular weight excluding hydrogens is 679 g/mol. The molecule has 0 aliphatic carbocycles. The van der Waals surface area contributed by atoms with Gasteiger partial charge in [0.05, 0.1) is 0 Å². The van der Waals surface area contributed by atoms with E-state index in [0.717, 1.165) is 66.2 Å². The van der Waals surface area contributed by atoms with E-state index in [9.17, 15) is 10.5 Å². The van der Waals surface area contributed by atoms with Gasteiger partial charge < -0.3 is 0 Å². The van der Waals surface area contributed by atoms with Gasteiger partial charge >= 0.3 is 292 Å². The van der Waals surface area contributed by atoms with Crippen LogP contribution in [0, 0.1) is 22.7 Å². The molecular formula is C44H22N4OSe. The number of aromatic nitrogens is 2. The zero-order valence-electron chi connectivity index (χ0n) is 26.3. The Morgan fingerprint density at radius 3 is 1.66 bits per heavy atom. The Balaban J connectivity index is 1.17. The van der Waals surface area contributed by atoms with Gasteiger partial charge in [0.15, 0.2) is 0 Å². The second-order valence-corrected chi connectivity index (χ2v) is 15.0. The molecule has 11 aromatic rings. The van der Waals surface area contributed by atoms with Crippen molar-refractivity contribution < 1.29 is 4.42 Å². The van der Waals surface area contributed by atoms with Crippen molar-refractivity contribution in [1.29, 1.82) is 10.5 Å². The third-order valence-corrected chi connectivity index (χ3v) is 12.6. The molecule has 0 N–H and O–H groups in total. The maximum atomic E-state index is 9.67. The summed E-state index contributed by atoms with van der Waals surface area (Å²) in [5.41, 5.74) is 9.52. The van der Waals surface area contributed by atoms with Crippen LogP contribution in [-0.4, -0.2) is 23.6 Å². The Bertz CT molecular complexity index is 3290. The number of fused-ring (bicyclic) bond motifs is 13. The first-order valence-electron chi connectivity index (χ1n) is 16.4. The molecule has 0 aliphatic heterocycles. The molecule has 50 heavy (non-hydrogen) atoms. The number of benzene rings is 7. The van der Waals surface area contributed by atoms with Crippen LogP contribution >= 0.6 is 0 Å². The number of para-hydroxylation sites is 2. The van der Waals surface area contributed by atoms with Gasteiger partial charge in [0.1, 0.15) is 0 Å². The van der Waals surface area contributed by atoms with E-state index in [0.29, 0.717) is 11.1 Å². The van der Waals surface area contributed by atoms with Gasteiger partial charge in [-0.3, -0.25) is 0 Å². The van der Waals surface area contributed by atoms with E-state index < -0.39 is 0 Å². The van der Waals surface area contributed by atoms with E-state index >= 15 is 0 Å². The fourth-order valence-electron chi connectivity index (χ4n) is 8.02. The summed E-state index contributed by atoms with van der Waals surface area (Å²) >= 11 is 0.189. The van der Waals surface area contributed by atoms with Crippen LogP contribution in [0.25, 0.3) is 96.2 Å². The molecule has 7 aromatic carbocycles. The van der Waals surface area contributed by atoms with Gasteiger partial charge in [-0.25, -0.2) is 0 Å². The summed E-state index contributed by atoms with van der Waals surface area (Å²) in [5, 5.41) is 28.5. The fourth-order valence-corrected chi connectivity index (χ4v) is 10.3. The first-order chi connectivity index (χ1) is 24.7. The quantitative estimate of drug-likeness (QED) is 0.169. The second kappa shape index (κ2) is 9.98. The summed E-state index contributed by atoms with van der Waals surface area (Å²) in [5.74, 6) is 0. The molecule has 4 aromatic heterocycles. The zero-order valence-corrected chi connectivity index (χ0v) is 28.0. The van der Waals surface area contributed by atoms with Crippen LogP contribution in [0.5, 0.6) is 0 Å². The Labute approximate surface area is 290 Å². The number of hydrogen-bond donors (Lipinski definition) is 0. The van der Waals surface area contributed by atoms with E-state index in [2.05, 4.69) is 106 Å². The molecule has 0 atom stereocenters. The van der Waals surface area contributed by atoms with Crippen LogP contribution in [0.4, 0.5) is 0 Å². The van der Waals surface area contributed by atoms with Crippen LogP contribution in [0.3, 0.4) is 0 Å². The average Bonchev–Trinajstić information content (AvgIpc) is 3.91. The van der Waals surface area contributed by atoms with Gasteiger partial charge in [-0.2, -0.15) is 0 Å². The Kier molecular flexibility index (Phi) is 5.47. The molecule has 6 heteroatoms. The van der Waals surface area contributed by atoms with Gasteiger partial charge in [-0.1, -0.05) is 0 Å². The molecule has 0 amide bonds. The van der Waals surface area contributed by atoms with Crippen LogP contribution < -0.4 is 0 Å². The van der Waals surface area contributed by atoms with Gasteiger partial charge in [0, 0.05) is 0 Å². The summed E-state index contributed by atoms with van der Waals surface area (Å²) in [4.78, 5) is 0. The summed E-state index contributed by atoms with van der Waals surface area (Å²) < 4.78 is 13.7. The second-order valence-electron chi connectivity index (χ2n) is 12.8. The minimum absolute atomic E-state index is 0.189. The normalized spacial score (nSPS) is 12.0. The Hall–Kier alpha value is -6.56. The van der Waals surface area contributed by atoms with Crippen molar-refractivity contribution in [3.05, 3.63) is 145 Å². The number of nitriles is 2. The van der Waals surface area contributed by atoms with Gasteiger partial charge in [0.25, 0.3) is 0 Å². The summed E-state index contributed by atoms with van der Waals surface area (Å²) in [6.45, 7) is 0. The Morgan fingerprint density at radius 1 is 0.440 bits per heavy atom. The maximum absolute atomic E-state index is 9.67. The van der Waals surface area contributed by atoms with Crippen molar-refractivity contribution in [2.75, 3.05) is 0 Å².